The third kappa shape index (κ3) is 5.63. The summed E-state index contributed by atoms with van der Waals surface area (Å²) in [6, 6.07) is 7.02. The lowest BCUT2D eigenvalue weighted by Crippen LogP contribution is -2.22. The van der Waals surface area contributed by atoms with Crippen LogP contribution in [0.1, 0.15) is 52.0 Å². The minimum Gasteiger partial charge on any atom is -0.316 e. The number of benzene rings is 1. The molecule has 1 N–H and O–H groups in total. The van der Waals surface area contributed by atoms with Crippen molar-refractivity contribution in [3.05, 3.63) is 35.6 Å². The highest BCUT2D eigenvalue weighted by Gasteiger charge is 2.17. The number of hydrogen-bond acceptors (Lipinski definition) is 1. The molecule has 0 aliphatic rings. The summed E-state index contributed by atoms with van der Waals surface area (Å²) in [5, 5.41) is 3.38. The molecule has 1 aromatic carbocycles. The van der Waals surface area contributed by atoms with Gasteiger partial charge in [0.05, 0.1) is 0 Å². The molecule has 1 rings (SSSR count). The number of halogens is 1. The van der Waals surface area contributed by atoms with Crippen molar-refractivity contribution in [2.75, 3.05) is 13.1 Å². The molecule has 1 aromatic rings. The molecule has 18 heavy (non-hydrogen) atoms. The number of likely N-dealkylation sites (N-methyl/N-ethyl adjacent to an activating group) is 1. The largest absolute Gasteiger partial charge is 0.316 e. The van der Waals surface area contributed by atoms with Crippen molar-refractivity contribution in [2.24, 2.45) is 5.41 Å². The highest BCUT2D eigenvalue weighted by atomic mass is 19.1. The zero-order valence-electron chi connectivity index (χ0n) is 12.1. The lowest BCUT2D eigenvalue weighted by Gasteiger charge is -2.23. The van der Waals surface area contributed by atoms with Crippen molar-refractivity contribution >= 4 is 0 Å². The maximum absolute atomic E-state index is 13.3. The highest BCUT2D eigenvalue weighted by Crippen LogP contribution is 2.28. The van der Waals surface area contributed by atoms with Crippen molar-refractivity contribution in [3.63, 3.8) is 0 Å². The first kappa shape index (κ1) is 15.2. The minimum atomic E-state index is -0.134. The fraction of sp³-hybridized carbons (Fsp3) is 0.625. The van der Waals surface area contributed by atoms with Crippen molar-refractivity contribution in [3.8, 4) is 0 Å². The van der Waals surface area contributed by atoms with Gasteiger partial charge in [-0.05, 0) is 48.4 Å². The van der Waals surface area contributed by atoms with Gasteiger partial charge in [0, 0.05) is 6.54 Å². The molecule has 1 nitrogen and oxygen atoms in total. The van der Waals surface area contributed by atoms with Crippen LogP contribution in [-0.2, 0) is 0 Å². The van der Waals surface area contributed by atoms with E-state index in [4.69, 9.17) is 0 Å². The summed E-state index contributed by atoms with van der Waals surface area (Å²) in [7, 11) is 0. The van der Waals surface area contributed by atoms with Crippen molar-refractivity contribution in [2.45, 2.75) is 46.5 Å². The maximum atomic E-state index is 13.3. The molecule has 0 aromatic heterocycles. The van der Waals surface area contributed by atoms with Gasteiger partial charge in [0.25, 0.3) is 0 Å². The standard InChI is InChI=1S/C16H26FN/c1-5-18-12-14(9-10-16(2,3)4)13-7-6-8-15(17)11-13/h6-8,11,14,18H,5,9-10,12H2,1-4H3. The molecule has 0 saturated carbocycles. The van der Waals surface area contributed by atoms with Crippen LogP contribution in [0.4, 0.5) is 4.39 Å². The molecule has 0 aliphatic heterocycles. The van der Waals surface area contributed by atoms with Gasteiger partial charge < -0.3 is 5.32 Å². The average Bonchev–Trinajstić information content (AvgIpc) is 2.28. The minimum absolute atomic E-state index is 0.134. The molecular formula is C16H26FN. The fourth-order valence-corrected chi connectivity index (χ4v) is 2.07. The Kier molecular flexibility index (Phi) is 5.80. The van der Waals surface area contributed by atoms with Gasteiger partial charge in [0.15, 0.2) is 0 Å². The monoisotopic (exact) mass is 251 g/mol. The Balaban J connectivity index is 2.71. The lowest BCUT2D eigenvalue weighted by molar-refractivity contribution is 0.344. The summed E-state index contributed by atoms with van der Waals surface area (Å²) in [5.41, 5.74) is 1.44. The quantitative estimate of drug-likeness (QED) is 0.792. The summed E-state index contributed by atoms with van der Waals surface area (Å²) in [6.45, 7) is 10.7. The van der Waals surface area contributed by atoms with Gasteiger partial charge in [-0.2, -0.15) is 0 Å². The molecule has 0 amide bonds. The van der Waals surface area contributed by atoms with E-state index in [-0.39, 0.29) is 5.82 Å². The summed E-state index contributed by atoms with van der Waals surface area (Å²) in [4.78, 5) is 0. The predicted molar refractivity (Wildman–Crippen MR) is 76.4 cm³/mol. The van der Waals surface area contributed by atoms with E-state index < -0.39 is 0 Å². The smallest absolute Gasteiger partial charge is 0.123 e. The second kappa shape index (κ2) is 6.89. The molecule has 2 heteroatoms. The van der Waals surface area contributed by atoms with Gasteiger partial charge in [0.2, 0.25) is 0 Å². The zero-order chi connectivity index (χ0) is 13.6. The van der Waals surface area contributed by atoms with Crippen LogP contribution < -0.4 is 5.32 Å². The van der Waals surface area contributed by atoms with Crippen LogP contribution in [-0.4, -0.2) is 13.1 Å². The van der Waals surface area contributed by atoms with Crippen LogP contribution >= 0.6 is 0 Å². The van der Waals surface area contributed by atoms with Crippen LogP contribution in [0.15, 0.2) is 24.3 Å². The Labute approximate surface area is 111 Å². The fourth-order valence-electron chi connectivity index (χ4n) is 2.07. The van der Waals surface area contributed by atoms with Gasteiger partial charge in [-0.15, -0.1) is 0 Å². The van der Waals surface area contributed by atoms with Gasteiger partial charge in [-0.1, -0.05) is 39.8 Å². The maximum Gasteiger partial charge on any atom is 0.123 e. The molecule has 1 atom stereocenters. The topological polar surface area (TPSA) is 12.0 Å². The first-order valence-corrected chi connectivity index (χ1v) is 6.88. The molecule has 0 saturated heterocycles. The molecular weight excluding hydrogens is 225 g/mol. The summed E-state index contributed by atoms with van der Waals surface area (Å²) in [5.74, 6) is 0.268. The van der Waals surface area contributed by atoms with E-state index in [2.05, 4.69) is 33.0 Å². The number of nitrogens with one attached hydrogen (secondary N) is 1. The van der Waals surface area contributed by atoms with Crippen molar-refractivity contribution in [1.29, 1.82) is 0 Å². The van der Waals surface area contributed by atoms with E-state index in [9.17, 15) is 4.39 Å². The van der Waals surface area contributed by atoms with Gasteiger partial charge in [-0.25, -0.2) is 4.39 Å². The Bertz CT molecular complexity index is 354. The second-order valence-electron chi connectivity index (χ2n) is 6.16. The lowest BCUT2D eigenvalue weighted by atomic mass is 9.84. The Morgan fingerprint density at radius 2 is 2.00 bits per heavy atom. The highest BCUT2D eigenvalue weighted by molar-refractivity contribution is 5.21. The van der Waals surface area contributed by atoms with Crippen molar-refractivity contribution in [1.82, 2.24) is 5.32 Å². The number of hydrogen-bond donors (Lipinski definition) is 1. The molecule has 1 unspecified atom stereocenters. The van der Waals surface area contributed by atoms with E-state index in [0.29, 0.717) is 11.3 Å². The Morgan fingerprint density at radius 1 is 1.28 bits per heavy atom. The third-order valence-corrected chi connectivity index (χ3v) is 3.20. The SMILES string of the molecule is CCNCC(CCC(C)(C)C)c1cccc(F)c1. The van der Waals surface area contributed by atoms with Crippen LogP contribution in [0.5, 0.6) is 0 Å². The summed E-state index contributed by atoms with van der Waals surface area (Å²) in [6.07, 6.45) is 2.25. The normalized spacial score (nSPS) is 13.6. The number of rotatable bonds is 6. The summed E-state index contributed by atoms with van der Waals surface area (Å²) >= 11 is 0. The predicted octanol–water partition coefficient (Wildman–Crippen LogP) is 4.35. The Hall–Kier alpha value is -0.890. The van der Waals surface area contributed by atoms with Crippen LogP contribution in [0, 0.1) is 11.2 Å². The van der Waals surface area contributed by atoms with Crippen LogP contribution in [0.3, 0.4) is 0 Å². The van der Waals surface area contributed by atoms with E-state index >= 15 is 0 Å². The van der Waals surface area contributed by atoms with E-state index in [1.54, 1.807) is 12.1 Å². The van der Waals surface area contributed by atoms with E-state index in [0.717, 1.165) is 31.5 Å². The molecule has 0 bridgehead atoms. The summed E-state index contributed by atoms with van der Waals surface area (Å²) < 4.78 is 13.3. The molecule has 0 fully saturated rings. The van der Waals surface area contributed by atoms with Crippen LogP contribution in [0.2, 0.25) is 0 Å². The molecule has 0 heterocycles. The van der Waals surface area contributed by atoms with Gasteiger partial charge in [0.1, 0.15) is 5.82 Å². The third-order valence-electron chi connectivity index (χ3n) is 3.20. The molecule has 0 spiro atoms. The van der Waals surface area contributed by atoms with Gasteiger partial charge in [-0.3, -0.25) is 0 Å². The van der Waals surface area contributed by atoms with Crippen LogP contribution in [0.25, 0.3) is 0 Å². The molecule has 0 aliphatic carbocycles. The first-order valence-electron chi connectivity index (χ1n) is 6.88. The molecule has 102 valence electrons. The van der Waals surface area contributed by atoms with E-state index in [1.165, 1.54) is 6.07 Å². The van der Waals surface area contributed by atoms with Gasteiger partial charge >= 0.3 is 0 Å². The second-order valence-corrected chi connectivity index (χ2v) is 6.16. The Morgan fingerprint density at radius 3 is 2.56 bits per heavy atom. The van der Waals surface area contributed by atoms with Crippen molar-refractivity contribution < 1.29 is 4.39 Å². The average molecular weight is 251 g/mol. The molecule has 0 radical (unpaired) electrons. The van der Waals surface area contributed by atoms with E-state index in [1.807, 2.05) is 6.07 Å². The zero-order valence-corrected chi connectivity index (χ0v) is 12.1. The first-order chi connectivity index (χ1) is 8.42.